The zero-order valence-electron chi connectivity index (χ0n) is 12.2. The number of benzene rings is 1. The van der Waals surface area contributed by atoms with Crippen LogP contribution in [0.5, 0.6) is 0 Å². The Bertz CT molecular complexity index is 675. The maximum Gasteiger partial charge on any atom is 0.137 e. The standard InChI is InChI=1S/C18H18N2O/c1-13-6-17(21)9-18(2,8-13)16-5-3-4-14(7-16)15-10-19-12-20-11-15/h3-5,7,10-12H,1,6,8-9H2,2H3/t18-/m0/s1. The molecule has 3 rings (SSSR count). The first-order valence-corrected chi connectivity index (χ1v) is 7.11. The summed E-state index contributed by atoms with van der Waals surface area (Å²) in [5, 5.41) is 0. The molecule has 1 saturated carbocycles. The van der Waals surface area contributed by atoms with E-state index < -0.39 is 0 Å². The fourth-order valence-corrected chi connectivity index (χ4v) is 3.18. The summed E-state index contributed by atoms with van der Waals surface area (Å²) in [7, 11) is 0. The summed E-state index contributed by atoms with van der Waals surface area (Å²) in [5.74, 6) is 0.280. The second kappa shape index (κ2) is 5.24. The molecule has 1 atom stereocenters. The van der Waals surface area contributed by atoms with Crippen molar-refractivity contribution in [1.82, 2.24) is 9.97 Å². The number of Topliss-reactive ketones (excluding diaryl/α,β-unsaturated/α-hetero) is 1. The number of hydrogen-bond acceptors (Lipinski definition) is 3. The Morgan fingerprint density at radius 1 is 1.14 bits per heavy atom. The van der Waals surface area contributed by atoms with Gasteiger partial charge in [0.1, 0.15) is 12.1 Å². The fraction of sp³-hybridized carbons (Fsp3) is 0.278. The Morgan fingerprint density at radius 2 is 1.90 bits per heavy atom. The Hall–Kier alpha value is -2.29. The van der Waals surface area contributed by atoms with E-state index in [1.807, 2.05) is 12.1 Å². The van der Waals surface area contributed by atoms with Gasteiger partial charge in [-0.1, -0.05) is 43.3 Å². The first-order chi connectivity index (χ1) is 10.1. The monoisotopic (exact) mass is 278 g/mol. The molecule has 0 radical (unpaired) electrons. The van der Waals surface area contributed by atoms with Crippen LogP contribution in [0.15, 0.2) is 55.1 Å². The summed E-state index contributed by atoms with van der Waals surface area (Å²) in [6.45, 7) is 6.17. The van der Waals surface area contributed by atoms with Crippen LogP contribution in [0.2, 0.25) is 0 Å². The van der Waals surface area contributed by atoms with E-state index in [4.69, 9.17) is 0 Å². The molecule has 0 aliphatic heterocycles. The number of aromatic nitrogens is 2. The maximum atomic E-state index is 11.9. The second-order valence-electron chi connectivity index (χ2n) is 6.09. The van der Waals surface area contributed by atoms with Gasteiger partial charge in [-0.3, -0.25) is 4.79 Å². The molecule has 0 N–H and O–H groups in total. The van der Waals surface area contributed by atoms with Crippen molar-refractivity contribution < 1.29 is 4.79 Å². The molecule has 21 heavy (non-hydrogen) atoms. The molecule has 1 aliphatic carbocycles. The molecule has 3 nitrogen and oxygen atoms in total. The van der Waals surface area contributed by atoms with E-state index in [1.54, 1.807) is 12.4 Å². The molecule has 2 aromatic rings. The molecule has 1 aromatic heterocycles. The number of ketones is 1. The van der Waals surface area contributed by atoms with Crippen molar-refractivity contribution in [1.29, 1.82) is 0 Å². The van der Waals surface area contributed by atoms with E-state index in [2.05, 4.69) is 35.6 Å². The molecule has 3 heteroatoms. The third-order valence-corrected chi connectivity index (χ3v) is 4.13. The molecule has 106 valence electrons. The topological polar surface area (TPSA) is 42.9 Å². The minimum Gasteiger partial charge on any atom is -0.299 e. The minimum absolute atomic E-state index is 0.155. The van der Waals surface area contributed by atoms with Gasteiger partial charge >= 0.3 is 0 Å². The number of carbonyl (C=O) groups is 1. The Kier molecular flexibility index (Phi) is 3.42. The number of hydrogen-bond donors (Lipinski definition) is 0. The van der Waals surface area contributed by atoms with Gasteiger partial charge in [0.15, 0.2) is 0 Å². The number of allylic oxidation sites excluding steroid dienone is 1. The van der Waals surface area contributed by atoms with Crippen LogP contribution in [-0.2, 0) is 10.2 Å². The lowest BCUT2D eigenvalue weighted by atomic mass is 9.69. The van der Waals surface area contributed by atoms with Crippen LogP contribution in [0, 0.1) is 0 Å². The third-order valence-electron chi connectivity index (χ3n) is 4.13. The lowest BCUT2D eigenvalue weighted by Gasteiger charge is -2.34. The molecule has 1 fully saturated rings. The number of rotatable bonds is 2. The van der Waals surface area contributed by atoms with Crippen molar-refractivity contribution in [2.45, 2.75) is 31.6 Å². The quantitative estimate of drug-likeness (QED) is 0.786. The summed E-state index contributed by atoms with van der Waals surface area (Å²) in [6, 6.07) is 8.32. The zero-order chi connectivity index (χ0) is 14.9. The lowest BCUT2D eigenvalue weighted by Crippen LogP contribution is -2.31. The van der Waals surface area contributed by atoms with Crippen LogP contribution in [0.1, 0.15) is 31.7 Å². The van der Waals surface area contributed by atoms with Gasteiger partial charge in [0.25, 0.3) is 0 Å². The predicted molar refractivity (Wildman–Crippen MR) is 82.8 cm³/mol. The van der Waals surface area contributed by atoms with Gasteiger partial charge < -0.3 is 0 Å². The molecule has 0 unspecified atom stereocenters. The van der Waals surface area contributed by atoms with Gasteiger partial charge in [0.05, 0.1) is 0 Å². The molecule has 1 aromatic carbocycles. The highest BCUT2D eigenvalue weighted by Gasteiger charge is 2.34. The summed E-state index contributed by atoms with van der Waals surface area (Å²) < 4.78 is 0. The zero-order valence-corrected chi connectivity index (χ0v) is 12.2. The van der Waals surface area contributed by atoms with Crippen LogP contribution in [-0.4, -0.2) is 15.8 Å². The van der Waals surface area contributed by atoms with E-state index in [0.717, 1.165) is 23.1 Å². The van der Waals surface area contributed by atoms with Crippen molar-refractivity contribution in [2.24, 2.45) is 0 Å². The molecule has 0 saturated heterocycles. The molecule has 1 aliphatic rings. The Balaban J connectivity index is 2.00. The Morgan fingerprint density at radius 3 is 2.62 bits per heavy atom. The largest absolute Gasteiger partial charge is 0.299 e. The van der Waals surface area contributed by atoms with E-state index in [9.17, 15) is 4.79 Å². The van der Waals surface area contributed by atoms with Crippen molar-refractivity contribution in [3.63, 3.8) is 0 Å². The Labute approximate surface area is 124 Å². The molecule has 0 amide bonds. The molecule has 1 heterocycles. The van der Waals surface area contributed by atoms with Crippen molar-refractivity contribution in [3.8, 4) is 11.1 Å². The predicted octanol–water partition coefficient (Wildman–Crippen LogP) is 3.71. The summed E-state index contributed by atoms with van der Waals surface area (Å²) in [5.41, 5.74) is 4.13. The van der Waals surface area contributed by atoms with E-state index in [0.29, 0.717) is 12.8 Å². The first kappa shape index (κ1) is 13.7. The van der Waals surface area contributed by atoms with Crippen molar-refractivity contribution in [2.75, 3.05) is 0 Å². The van der Waals surface area contributed by atoms with Gasteiger partial charge in [-0.05, 0) is 17.5 Å². The number of nitrogens with zero attached hydrogens (tertiary/aromatic N) is 2. The average Bonchev–Trinajstić information content (AvgIpc) is 2.47. The first-order valence-electron chi connectivity index (χ1n) is 7.11. The van der Waals surface area contributed by atoms with Gasteiger partial charge in [0.2, 0.25) is 0 Å². The lowest BCUT2D eigenvalue weighted by molar-refractivity contribution is -0.120. The molecule has 0 bridgehead atoms. The summed E-state index contributed by atoms with van der Waals surface area (Å²) >= 11 is 0. The van der Waals surface area contributed by atoms with Gasteiger partial charge in [-0.15, -0.1) is 0 Å². The summed E-state index contributed by atoms with van der Waals surface area (Å²) in [4.78, 5) is 20.1. The van der Waals surface area contributed by atoms with E-state index in [-0.39, 0.29) is 11.2 Å². The molecular formula is C18H18N2O. The second-order valence-corrected chi connectivity index (χ2v) is 6.09. The highest BCUT2D eigenvalue weighted by atomic mass is 16.1. The number of carbonyl (C=O) groups excluding carboxylic acids is 1. The molecular weight excluding hydrogens is 260 g/mol. The van der Waals surface area contributed by atoms with Crippen molar-refractivity contribution >= 4 is 5.78 Å². The van der Waals surface area contributed by atoms with Crippen molar-refractivity contribution in [3.05, 3.63) is 60.7 Å². The molecule has 0 spiro atoms. The highest BCUT2D eigenvalue weighted by molar-refractivity contribution is 5.84. The van der Waals surface area contributed by atoms with E-state index >= 15 is 0 Å². The SMILES string of the molecule is C=C1CC(=O)C[C@@](C)(c2cccc(-c3cncnc3)c2)C1. The van der Waals surface area contributed by atoms with Crippen LogP contribution in [0.4, 0.5) is 0 Å². The summed E-state index contributed by atoms with van der Waals surface area (Å²) in [6.07, 6.45) is 7.12. The minimum atomic E-state index is -0.155. The van der Waals surface area contributed by atoms with Gasteiger partial charge in [-0.2, -0.15) is 0 Å². The maximum absolute atomic E-state index is 11.9. The van der Waals surface area contributed by atoms with Crippen LogP contribution < -0.4 is 0 Å². The van der Waals surface area contributed by atoms with Crippen LogP contribution in [0.25, 0.3) is 11.1 Å². The van der Waals surface area contributed by atoms with Crippen LogP contribution >= 0.6 is 0 Å². The smallest absolute Gasteiger partial charge is 0.137 e. The third kappa shape index (κ3) is 2.77. The van der Waals surface area contributed by atoms with E-state index in [1.165, 1.54) is 11.9 Å². The van der Waals surface area contributed by atoms with Crippen LogP contribution in [0.3, 0.4) is 0 Å². The van der Waals surface area contributed by atoms with Gasteiger partial charge in [-0.25, -0.2) is 9.97 Å². The normalized spacial score (nSPS) is 22.3. The highest BCUT2D eigenvalue weighted by Crippen LogP contribution is 2.40. The average molecular weight is 278 g/mol. The van der Waals surface area contributed by atoms with Gasteiger partial charge in [0, 0.05) is 36.2 Å². The fourth-order valence-electron chi connectivity index (χ4n) is 3.18.